The second-order valence-corrected chi connectivity index (χ2v) is 7.57. The fourth-order valence-corrected chi connectivity index (χ4v) is 4.63. The Morgan fingerprint density at radius 2 is 1.77 bits per heavy atom. The summed E-state index contributed by atoms with van der Waals surface area (Å²) in [6.07, 6.45) is 0. The number of fused-ring (bicyclic) bond motifs is 4. The minimum absolute atomic E-state index is 0.139. The van der Waals surface area contributed by atoms with E-state index in [1.165, 1.54) is 24.1 Å². The standard InChI is InChI=1S/C22H12ClN3O4/c1-26-15-8-10(23)6-7-13(15)22(21(26)29)14(9-24)20(25)30-19-16(22)17(27)11-4-2-3-5-12(11)18(19)28/h2-8H,25H2,1H3/t22-/m1/s1. The summed E-state index contributed by atoms with van der Waals surface area (Å²) in [4.78, 5) is 41.8. The highest BCUT2D eigenvalue weighted by molar-refractivity contribution is 6.33. The highest BCUT2D eigenvalue weighted by Crippen LogP contribution is 2.55. The summed E-state index contributed by atoms with van der Waals surface area (Å²) in [5, 5.41) is 10.3. The van der Waals surface area contributed by atoms with Crippen molar-refractivity contribution in [2.24, 2.45) is 5.73 Å². The molecule has 0 fully saturated rings. The number of amides is 1. The van der Waals surface area contributed by atoms with Crippen molar-refractivity contribution >= 4 is 34.8 Å². The molecule has 0 aromatic heterocycles. The number of nitrogens with zero attached hydrogens (tertiary/aromatic N) is 2. The zero-order chi connectivity index (χ0) is 21.4. The van der Waals surface area contributed by atoms with Gasteiger partial charge in [-0.1, -0.05) is 41.9 Å². The van der Waals surface area contributed by atoms with Crippen molar-refractivity contribution in [3.8, 4) is 6.07 Å². The van der Waals surface area contributed by atoms with E-state index < -0.39 is 22.9 Å². The van der Waals surface area contributed by atoms with Gasteiger partial charge in [-0.05, 0) is 12.1 Å². The number of ether oxygens (including phenoxy) is 1. The first kappa shape index (κ1) is 18.2. The first-order valence-electron chi connectivity index (χ1n) is 8.93. The van der Waals surface area contributed by atoms with Gasteiger partial charge in [0, 0.05) is 34.4 Å². The Morgan fingerprint density at radius 1 is 1.10 bits per heavy atom. The average molecular weight is 418 g/mol. The smallest absolute Gasteiger partial charge is 0.247 e. The maximum atomic E-state index is 13.7. The van der Waals surface area contributed by atoms with Gasteiger partial charge in [0.05, 0.1) is 5.57 Å². The lowest BCUT2D eigenvalue weighted by Gasteiger charge is -2.37. The van der Waals surface area contributed by atoms with Gasteiger partial charge in [0.2, 0.25) is 17.6 Å². The molecular weight excluding hydrogens is 406 g/mol. The lowest BCUT2D eigenvalue weighted by Crippen LogP contribution is -2.49. The quantitative estimate of drug-likeness (QED) is 0.704. The van der Waals surface area contributed by atoms with Gasteiger partial charge in [0.25, 0.3) is 0 Å². The number of nitrogens with two attached hydrogens (primary N) is 1. The molecule has 1 spiro atoms. The fraction of sp³-hybridized carbons (Fsp3) is 0.0909. The van der Waals surface area contributed by atoms with E-state index in [2.05, 4.69) is 0 Å². The van der Waals surface area contributed by atoms with Crippen molar-refractivity contribution in [2.75, 3.05) is 11.9 Å². The van der Waals surface area contributed by atoms with Gasteiger partial charge in [0.15, 0.2) is 11.5 Å². The lowest BCUT2D eigenvalue weighted by atomic mass is 9.64. The lowest BCUT2D eigenvalue weighted by molar-refractivity contribution is -0.120. The number of nitriles is 1. The summed E-state index contributed by atoms with van der Waals surface area (Å²) >= 11 is 6.12. The summed E-state index contributed by atoms with van der Waals surface area (Å²) in [6, 6.07) is 12.9. The van der Waals surface area contributed by atoms with Crippen LogP contribution in [0.25, 0.3) is 0 Å². The van der Waals surface area contributed by atoms with Crippen molar-refractivity contribution in [1.29, 1.82) is 5.26 Å². The van der Waals surface area contributed by atoms with Gasteiger partial charge in [-0.3, -0.25) is 14.4 Å². The van der Waals surface area contributed by atoms with Crippen molar-refractivity contribution in [3.63, 3.8) is 0 Å². The van der Waals surface area contributed by atoms with Crippen LogP contribution in [0.1, 0.15) is 26.3 Å². The van der Waals surface area contributed by atoms with Crippen LogP contribution in [-0.4, -0.2) is 24.5 Å². The molecule has 2 N–H and O–H groups in total. The van der Waals surface area contributed by atoms with Crippen LogP contribution in [0, 0.1) is 11.3 Å². The Balaban J connectivity index is 1.93. The molecule has 8 heteroatoms. The number of allylic oxidation sites excluding steroid dienone is 1. The summed E-state index contributed by atoms with van der Waals surface area (Å²) in [6.45, 7) is 0. The number of carbonyl (C=O) groups excluding carboxylic acids is 3. The molecule has 7 nitrogen and oxygen atoms in total. The second kappa shape index (κ2) is 5.81. The number of anilines is 1. The molecule has 3 aliphatic rings. The zero-order valence-electron chi connectivity index (χ0n) is 15.5. The fourth-order valence-electron chi connectivity index (χ4n) is 4.46. The van der Waals surface area contributed by atoms with Gasteiger partial charge < -0.3 is 15.4 Å². The van der Waals surface area contributed by atoms with E-state index in [4.69, 9.17) is 22.1 Å². The molecule has 1 amide bonds. The summed E-state index contributed by atoms with van der Waals surface area (Å²) in [7, 11) is 1.51. The Labute approximate surface area is 175 Å². The van der Waals surface area contributed by atoms with E-state index in [0.717, 1.165) is 0 Å². The SMILES string of the molecule is CN1C(=O)[C@@]2(C(C#N)=C(N)OC3=C2C(=O)c2ccccc2C3=O)c2ccc(Cl)cc21. The number of Topliss-reactive ketones (excluding diaryl/α,β-unsaturated/α-hetero) is 2. The largest absolute Gasteiger partial charge is 0.436 e. The summed E-state index contributed by atoms with van der Waals surface area (Å²) < 4.78 is 5.49. The molecule has 0 saturated heterocycles. The predicted molar refractivity (Wildman–Crippen MR) is 107 cm³/mol. The Kier molecular flexibility index (Phi) is 3.52. The van der Waals surface area contributed by atoms with Gasteiger partial charge in [-0.25, -0.2) is 0 Å². The third-order valence-electron chi connectivity index (χ3n) is 5.75. The normalized spacial score (nSPS) is 22.0. The number of hydrogen-bond acceptors (Lipinski definition) is 6. The Bertz CT molecular complexity index is 1330. The monoisotopic (exact) mass is 417 g/mol. The molecular formula is C22H12ClN3O4. The number of halogens is 1. The van der Waals surface area contributed by atoms with Crippen molar-refractivity contribution in [2.45, 2.75) is 5.41 Å². The maximum absolute atomic E-state index is 13.7. The molecule has 2 aliphatic heterocycles. The van der Waals surface area contributed by atoms with E-state index >= 15 is 0 Å². The topological polar surface area (TPSA) is 113 Å². The first-order valence-corrected chi connectivity index (χ1v) is 9.31. The number of hydrogen-bond donors (Lipinski definition) is 1. The molecule has 2 heterocycles. The minimum Gasteiger partial charge on any atom is -0.436 e. The van der Waals surface area contributed by atoms with E-state index in [-0.39, 0.29) is 33.9 Å². The summed E-state index contributed by atoms with van der Waals surface area (Å²) in [5.41, 5.74) is 4.74. The molecule has 0 saturated carbocycles. The predicted octanol–water partition coefficient (Wildman–Crippen LogP) is 2.61. The van der Waals surface area contributed by atoms with Gasteiger partial charge in [0.1, 0.15) is 17.1 Å². The van der Waals surface area contributed by atoms with Crippen LogP contribution >= 0.6 is 11.6 Å². The zero-order valence-corrected chi connectivity index (χ0v) is 16.3. The van der Waals surface area contributed by atoms with Gasteiger partial charge >= 0.3 is 0 Å². The maximum Gasteiger partial charge on any atom is 0.247 e. The molecule has 0 bridgehead atoms. The van der Waals surface area contributed by atoms with E-state index in [0.29, 0.717) is 16.3 Å². The van der Waals surface area contributed by atoms with Crippen molar-refractivity contribution in [3.05, 3.63) is 87.0 Å². The molecule has 146 valence electrons. The van der Waals surface area contributed by atoms with Crippen LogP contribution in [0.2, 0.25) is 5.02 Å². The molecule has 0 unspecified atom stereocenters. The third-order valence-corrected chi connectivity index (χ3v) is 5.98. The highest BCUT2D eigenvalue weighted by atomic mass is 35.5. The van der Waals surface area contributed by atoms with Crippen LogP contribution in [0.3, 0.4) is 0 Å². The van der Waals surface area contributed by atoms with Gasteiger partial charge in [-0.15, -0.1) is 0 Å². The number of benzene rings is 2. The van der Waals surface area contributed by atoms with Crippen LogP contribution in [-0.2, 0) is 14.9 Å². The van der Waals surface area contributed by atoms with Crippen molar-refractivity contribution < 1.29 is 19.1 Å². The number of carbonyl (C=O) groups is 3. The average Bonchev–Trinajstić information content (AvgIpc) is 2.94. The van der Waals surface area contributed by atoms with Crippen molar-refractivity contribution in [1.82, 2.24) is 0 Å². The Hall–Kier alpha value is -3.89. The van der Waals surface area contributed by atoms with Crippen LogP contribution < -0.4 is 10.6 Å². The minimum atomic E-state index is -1.89. The van der Waals surface area contributed by atoms with E-state index in [1.807, 2.05) is 6.07 Å². The second-order valence-electron chi connectivity index (χ2n) is 7.14. The Morgan fingerprint density at radius 3 is 2.43 bits per heavy atom. The molecule has 1 aliphatic carbocycles. The molecule has 30 heavy (non-hydrogen) atoms. The molecule has 2 aromatic rings. The van der Waals surface area contributed by atoms with Crippen LogP contribution in [0.5, 0.6) is 0 Å². The molecule has 0 radical (unpaired) electrons. The number of likely N-dealkylation sites (N-methyl/N-ethyl adjacent to an activating group) is 1. The first-order chi connectivity index (χ1) is 14.3. The molecule has 5 rings (SSSR count). The van der Waals surface area contributed by atoms with E-state index in [9.17, 15) is 19.6 Å². The summed E-state index contributed by atoms with van der Waals surface area (Å²) in [5.74, 6) is -2.45. The van der Waals surface area contributed by atoms with Crippen LogP contribution in [0.15, 0.2) is 65.3 Å². The van der Waals surface area contributed by atoms with Crippen LogP contribution in [0.4, 0.5) is 5.69 Å². The third kappa shape index (κ3) is 1.91. The molecule has 2 aromatic carbocycles. The molecule has 1 atom stereocenters. The van der Waals surface area contributed by atoms with Gasteiger partial charge in [-0.2, -0.15) is 5.26 Å². The number of rotatable bonds is 0. The number of ketones is 2. The van der Waals surface area contributed by atoms with E-state index in [1.54, 1.807) is 30.3 Å². The highest BCUT2D eigenvalue weighted by Gasteiger charge is 2.63.